The van der Waals surface area contributed by atoms with Crippen LogP contribution in [0.1, 0.15) is 18.2 Å². The van der Waals surface area contributed by atoms with Crippen LogP contribution in [0.5, 0.6) is 0 Å². The Morgan fingerprint density at radius 1 is 1.53 bits per heavy atom. The number of hydrogen-bond donors (Lipinski definition) is 3. The normalized spacial score (nSPS) is 23.9. The van der Waals surface area contributed by atoms with Crippen molar-refractivity contribution in [3.63, 3.8) is 0 Å². The number of aliphatic hydroxyl groups excluding tert-OH is 1. The van der Waals surface area contributed by atoms with Gasteiger partial charge in [-0.05, 0) is 31.5 Å². The fourth-order valence-electron chi connectivity index (χ4n) is 1.91. The fourth-order valence-corrected chi connectivity index (χ4v) is 4.50. The molecule has 0 unspecified atom stereocenters. The molecular formula is C11H19ClN2O3S2. The van der Waals surface area contributed by atoms with Crippen molar-refractivity contribution in [2.24, 2.45) is 0 Å². The number of piperidine rings is 1. The van der Waals surface area contributed by atoms with E-state index in [0.29, 0.717) is 17.2 Å². The smallest absolute Gasteiger partial charge is 0.250 e. The van der Waals surface area contributed by atoms with E-state index in [1.165, 1.54) is 11.3 Å². The molecule has 1 fully saturated rings. The van der Waals surface area contributed by atoms with E-state index in [1.54, 1.807) is 6.07 Å². The predicted octanol–water partition coefficient (Wildman–Crippen LogP) is 0.733. The minimum atomic E-state index is -3.51. The Bertz CT molecular complexity index is 504. The highest BCUT2D eigenvalue weighted by Gasteiger charge is 2.28. The predicted molar refractivity (Wildman–Crippen MR) is 78.5 cm³/mol. The summed E-state index contributed by atoms with van der Waals surface area (Å²) in [6.07, 6.45) is 0.776. The average Bonchev–Trinajstić information content (AvgIpc) is 2.81. The van der Waals surface area contributed by atoms with Crippen LogP contribution >= 0.6 is 23.7 Å². The van der Waals surface area contributed by atoms with Gasteiger partial charge in [0.2, 0.25) is 10.0 Å². The van der Waals surface area contributed by atoms with E-state index in [9.17, 15) is 13.5 Å². The zero-order valence-electron chi connectivity index (χ0n) is 10.6. The Kier molecular flexibility index (Phi) is 6.22. The van der Waals surface area contributed by atoms with E-state index >= 15 is 0 Å². The molecule has 1 aliphatic rings. The van der Waals surface area contributed by atoms with Crippen LogP contribution in [-0.2, 0) is 16.4 Å². The molecule has 1 aromatic rings. The molecule has 3 N–H and O–H groups in total. The zero-order chi connectivity index (χ0) is 13.2. The first-order valence-corrected chi connectivity index (χ1v) is 8.32. The highest BCUT2D eigenvalue weighted by atomic mass is 35.5. The molecule has 0 bridgehead atoms. The summed E-state index contributed by atoms with van der Waals surface area (Å²) in [5, 5.41) is 12.8. The molecule has 1 aliphatic heterocycles. The quantitative estimate of drug-likeness (QED) is 0.762. The van der Waals surface area contributed by atoms with E-state index in [-0.39, 0.29) is 12.4 Å². The van der Waals surface area contributed by atoms with Crippen LogP contribution in [0.4, 0.5) is 0 Å². The van der Waals surface area contributed by atoms with Crippen LogP contribution < -0.4 is 10.0 Å². The highest BCUT2D eigenvalue weighted by molar-refractivity contribution is 7.91. The van der Waals surface area contributed by atoms with Crippen molar-refractivity contribution in [1.29, 1.82) is 0 Å². The second kappa shape index (κ2) is 7.01. The van der Waals surface area contributed by atoms with Gasteiger partial charge < -0.3 is 10.4 Å². The first kappa shape index (κ1) is 16.9. The molecule has 8 heteroatoms. The van der Waals surface area contributed by atoms with Crippen molar-refractivity contribution in [2.45, 2.75) is 36.1 Å². The Labute approximate surface area is 123 Å². The fraction of sp³-hybridized carbons (Fsp3) is 0.636. The first-order chi connectivity index (χ1) is 8.53. The zero-order valence-corrected chi connectivity index (χ0v) is 13.1. The summed E-state index contributed by atoms with van der Waals surface area (Å²) in [5.74, 6) is 0. The van der Waals surface area contributed by atoms with Crippen molar-refractivity contribution >= 4 is 33.8 Å². The molecule has 0 saturated carbocycles. The lowest BCUT2D eigenvalue weighted by Crippen LogP contribution is -2.53. The number of thiophene rings is 1. The molecular weight excluding hydrogens is 308 g/mol. The number of halogens is 1. The molecule has 1 saturated heterocycles. The van der Waals surface area contributed by atoms with Crippen LogP contribution in [0.3, 0.4) is 0 Å². The van der Waals surface area contributed by atoms with Gasteiger partial charge in [0.05, 0.1) is 12.1 Å². The van der Waals surface area contributed by atoms with Crippen LogP contribution in [0.2, 0.25) is 0 Å². The van der Waals surface area contributed by atoms with E-state index in [4.69, 9.17) is 0 Å². The van der Waals surface area contributed by atoms with Gasteiger partial charge in [0.25, 0.3) is 0 Å². The van der Waals surface area contributed by atoms with Gasteiger partial charge in [-0.1, -0.05) is 6.92 Å². The van der Waals surface area contributed by atoms with Gasteiger partial charge in [-0.15, -0.1) is 23.7 Å². The number of aliphatic hydroxyl groups is 1. The van der Waals surface area contributed by atoms with Gasteiger partial charge in [-0.3, -0.25) is 0 Å². The summed E-state index contributed by atoms with van der Waals surface area (Å²) in [6.45, 7) is 3.18. The molecule has 2 atom stereocenters. The topological polar surface area (TPSA) is 78.4 Å². The third-order valence-corrected chi connectivity index (χ3v) is 6.21. The number of rotatable bonds is 4. The minimum Gasteiger partial charge on any atom is -0.391 e. The van der Waals surface area contributed by atoms with Gasteiger partial charge in [0, 0.05) is 11.4 Å². The van der Waals surface area contributed by atoms with Crippen LogP contribution in [-0.4, -0.2) is 38.8 Å². The third-order valence-electron chi connectivity index (χ3n) is 3.00. The Hall–Kier alpha value is -0.180. The Balaban J connectivity index is 0.00000180. The molecule has 110 valence electrons. The molecule has 0 amide bonds. The number of nitrogens with one attached hydrogen (secondary N) is 2. The maximum atomic E-state index is 12.1. The molecule has 0 radical (unpaired) electrons. The number of hydrogen-bond acceptors (Lipinski definition) is 5. The molecule has 2 rings (SSSR count). The van der Waals surface area contributed by atoms with Crippen LogP contribution in [0.25, 0.3) is 0 Å². The number of sulfonamides is 1. The summed E-state index contributed by atoms with van der Waals surface area (Å²) in [4.78, 5) is 1.04. The van der Waals surface area contributed by atoms with Crippen molar-refractivity contribution in [3.8, 4) is 0 Å². The monoisotopic (exact) mass is 326 g/mol. The summed E-state index contributed by atoms with van der Waals surface area (Å²) in [6, 6.07) is 3.00. The van der Waals surface area contributed by atoms with Gasteiger partial charge in [-0.25, -0.2) is 13.1 Å². The van der Waals surface area contributed by atoms with Crippen LogP contribution in [0, 0.1) is 0 Å². The second-order valence-electron chi connectivity index (χ2n) is 4.36. The molecule has 19 heavy (non-hydrogen) atoms. The van der Waals surface area contributed by atoms with Crippen molar-refractivity contribution < 1.29 is 13.5 Å². The Morgan fingerprint density at radius 2 is 2.26 bits per heavy atom. The standard InChI is InChI=1S/C11H18N2O3S2.ClH/c1-2-8-3-4-11(17-8)18(15,16)13-9-7-12-6-5-10(9)14;/h3-4,9-10,12-14H,2,5-7H2,1H3;1H/t9-,10+;/m0./s1. The van der Waals surface area contributed by atoms with Crippen molar-refractivity contribution in [3.05, 3.63) is 17.0 Å². The van der Waals surface area contributed by atoms with Crippen LogP contribution in [0.15, 0.2) is 16.3 Å². The molecule has 0 aliphatic carbocycles. The second-order valence-corrected chi connectivity index (χ2v) is 7.47. The lowest BCUT2D eigenvalue weighted by atomic mass is 10.1. The van der Waals surface area contributed by atoms with Gasteiger partial charge in [-0.2, -0.15) is 0 Å². The molecule has 0 spiro atoms. The summed E-state index contributed by atoms with van der Waals surface area (Å²) >= 11 is 1.28. The van der Waals surface area contributed by atoms with Gasteiger partial charge >= 0.3 is 0 Å². The molecule has 2 heterocycles. The lowest BCUT2D eigenvalue weighted by Gasteiger charge is -2.28. The van der Waals surface area contributed by atoms with E-state index in [2.05, 4.69) is 10.0 Å². The van der Waals surface area contributed by atoms with E-state index in [1.807, 2.05) is 13.0 Å². The average molecular weight is 327 g/mol. The molecule has 0 aromatic carbocycles. The minimum absolute atomic E-state index is 0. The van der Waals surface area contributed by atoms with E-state index < -0.39 is 22.2 Å². The highest BCUT2D eigenvalue weighted by Crippen LogP contribution is 2.22. The maximum Gasteiger partial charge on any atom is 0.250 e. The summed E-state index contributed by atoms with van der Waals surface area (Å²) < 4.78 is 27.2. The third kappa shape index (κ3) is 4.14. The van der Waals surface area contributed by atoms with Gasteiger partial charge in [0.15, 0.2) is 0 Å². The largest absolute Gasteiger partial charge is 0.391 e. The van der Waals surface area contributed by atoms with Crippen molar-refractivity contribution in [1.82, 2.24) is 10.0 Å². The Morgan fingerprint density at radius 3 is 2.84 bits per heavy atom. The maximum absolute atomic E-state index is 12.1. The van der Waals surface area contributed by atoms with Crippen molar-refractivity contribution in [2.75, 3.05) is 13.1 Å². The molecule has 1 aromatic heterocycles. The SMILES string of the molecule is CCc1ccc(S(=O)(=O)N[C@H]2CNCC[C@H]2O)s1.Cl. The summed E-state index contributed by atoms with van der Waals surface area (Å²) in [5.41, 5.74) is 0. The molecule has 5 nitrogen and oxygen atoms in total. The lowest BCUT2D eigenvalue weighted by molar-refractivity contribution is 0.109. The number of aryl methyl sites for hydroxylation is 1. The van der Waals surface area contributed by atoms with Gasteiger partial charge in [0.1, 0.15) is 4.21 Å². The first-order valence-electron chi connectivity index (χ1n) is 6.02. The van der Waals surface area contributed by atoms with E-state index in [0.717, 1.165) is 17.8 Å². The summed E-state index contributed by atoms with van der Waals surface area (Å²) in [7, 11) is -3.51.